The first-order chi connectivity index (χ1) is 10.8. The first-order valence-electron chi connectivity index (χ1n) is 7.23. The first kappa shape index (κ1) is 17.4. The first-order valence-corrected chi connectivity index (χ1v) is 8.05. The normalized spacial score (nSPS) is 14.8. The van der Waals surface area contributed by atoms with Gasteiger partial charge in [0.1, 0.15) is 16.4 Å². The monoisotopic (exact) mass is 337 g/mol. The minimum atomic E-state index is -1.29. The Morgan fingerprint density at radius 1 is 1.43 bits per heavy atom. The van der Waals surface area contributed by atoms with Crippen molar-refractivity contribution in [2.45, 2.75) is 32.4 Å². The zero-order valence-electron chi connectivity index (χ0n) is 13.3. The number of thiazole rings is 1. The lowest BCUT2D eigenvalue weighted by Gasteiger charge is -2.24. The zero-order valence-corrected chi connectivity index (χ0v) is 14.1. The number of amides is 2. The molecule has 2 aromatic rings. The molecule has 5 nitrogen and oxygen atoms in total. The number of urea groups is 1. The highest BCUT2D eigenvalue weighted by Gasteiger charge is 2.24. The van der Waals surface area contributed by atoms with Crippen molar-refractivity contribution in [3.05, 3.63) is 51.7 Å². The quantitative estimate of drug-likeness (QED) is 0.785. The van der Waals surface area contributed by atoms with E-state index in [1.165, 1.54) is 35.6 Å². The summed E-state index contributed by atoms with van der Waals surface area (Å²) in [5, 5.41) is 16.6. The van der Waals surface area contributed by atoms with Crippen LogP contribution in [0.4, 0.5) is 9.18 Å². The number of aromatic nitrogens is 1. The zero-order chi connectivity index (χ0) is 17.0. The number of nitrogens with one attached hydrogen (secondary N) is 2. The third-order valence-corrected chi connectivity index (χ3v) is 4.51. The molecule has 0 radical (unpaired) electrons. The molecule has 0 fully saturated rings. The molecule has 0 aliphatic carbocycles. The Kier molecular flexibility index (Phi) is 5.33. The van der Waals surface area contributed by atoms with E-state index in [-0.39, 0.29) is 18.4 Å². The predicted molar refractivity (Wildman–Crippen MR) is 87.8 cm³/mol. The van der Waals surface area contributed by atoms with Gasteiger partial charge in [-0.2, -0.15) is 0 Å². The van der Waals surface area contributed by atoms with E-state index in [0.29, 0.717) is 5.56 Å². The average Bonchev–Trinajstić information content (AvgIpc) is 2.92. The number of aryl methyl sites for hydroxylation is 1. The van der Waals surface area contributed by atoms with Crippen molar-refractivity contribution in [3.8, 4) is 0 Å². The third kappa shape index (κ3) is 4.74. The summed E-state index contributed by atoms with van der Waals surface area (Å²) in [6.45, 7) is 5.37. The molecule has 7 heteroatoms. The van der Waals surface area contributed by atoms with E-state index in [9.17, 15) is 14.3 Å². The number of halogens is 1. The molecule has 2 atom stereocenters. The molecule has 0 saturated heterocycles. The SMILES string of the molecule is Cc1cnc(C(C)NC(=O)NCC(C)(O)c2ccc(F)cc2)s1. The molecule has 0 aliphatic rings. The van der Waals surface area contributed by atoms with E-state index in [4.69, 9.17) is 0 Å². The maximum absolute atomic E-state index is 12.9. The van der Waals surface area contributed by atoms with Crippen LogP contribution in [-0.2, 0) is 5.60 Å². The Balaban J connectivity index is 1.89. The number of nitrogens with zero attached hydrogens (tertiary/aromatic N) is 1. The summed E-state index contributed by atoms with van der Waals surface area (Å²) >= 11 is 1.52. The van der Waals surface area contributed by atoms with Gasteiger partial charge in [-0.3, -0.25) is 0 Å². The molecular weight excluding hydrogens is 317 g/mol. The van der Waals surface area contributed by atoms with Crippen molar-refractivity contribution in [2.24, 2.45) is 0 Å². The van der Waals surface area contributed by atoms with Crippen LogP contribution in [0.1, 0.15) is 35.3 Å². The molecule has 3 N–H and O–H groups in total. The topological polar surface area (TPSA) is 74.2 Å². The molecule has 23 heavy (non-hydrogen) atoms. The van der Waals surface area contributed by atoms with Crippen LogP contribution in [0.25, 0.3) is 0 Å². The van der Waals surface area contributed by atoms with Gasteiger partial charge in [-0.25, -0.2) is 14.2 Å². The minimum Gasteiger partial charge on any atom is -0.384 e. The van der Waals surface area contributed by atoms with Gasteiger partial charge in [0.05, 0.1) is 12.6 Å². The third-order valence-electron chi connectivity index (χ3n) is 3.42. The second kappa shape index (κ2) is 7.06. The van der Waals surface area contributed by atoms with Crippen LogP contribution in [-0.4, -0.2) is 22.7 Å². The van der Waals surface area contributed by atoms with Crippen LogP contribution in [0.15, 0.2) is 30.5 Å². The van der Waals surface area contributed by atoms with Crippen LogP contribution in [0.3, 0.4) is 0 Å². The lowest BCUT2D eigenvalue weighted by Crippen LogP contribution is -2.44. The highest BCUT2D eigenvalue weighted by atomic mass is 32.1. The van der Waals surface area contributed by atoms with Gasteiger partial charge in [0.2, 0.25) is 0 Å². The summed E-state index contributed by atoms with van der Waals surface area (Å²) in [6, 6.07) is 4.93. The van der Waals surface area contributed by atoms with Gasteiger partial charge in [0.15, 0.2) is 0 Å². The molecular formula is C16H20FN3O2S. The average molecular weight is 337 g/mol. The van der Waals surface area contributed by atoms with Gasteiger partial charge in [-0.05, 0) is 38.5 Å². The van der Waals surface area contributed by atoms with E-state index in [2.05, 4.69) is 15.6 Å². The van der Waals surface area contributed by atoms with Crippen molar-refractivity contribution in [1.29, 1.82) is 0 Å². The number of benzene rings is 1. The van der Waals surface area contributed by atoms with E-state index >= 15 is 0 Å². The molecule has 0 aliphatic heterocycles. The molecule has 0 saturated carbocycles. The molecule has 2 rings (SSSR count). The van der Waals surface area contributed by atoms with Crippen molar-refractivity contribution in [1.82, 2.24) is 15.6 Å². The number of carbonyl (C=O) groups excluding carboxylic acids is 1. The van der Waals surface area contributed by atoms with Crippen LogP contribution in [0, 0.1) is 12.7 Å². The molecule has 1 aromatic carbocycles. The summed E-state index contributed by atoms with van der Waals surface area (Å²) in [4.78, 5) is 17.3. The van der Waals surface area contributed by atoms with E-state index in [1.54, 1.807) is 13.1 Å². The number of aliphatic hydroxyl groups is 1. The van der Waals surface area contributed by atoms with Gasteiger partial charge in [-0.15, -0.1) is 11.3 Å². The van der Waals surface area contributed by atoms with E-state index in [0.717, 1.165) is 9.88 Å². The molecule has 0 spiro atoms. The largest absolute Gasteiger partial charge is 0.384 e. The Morgan fingerprint density at radius 2 is 2.09 bits per heavy atom. The van der Waals surface area contributed by atoms with Gasteiger partial charge in [0, 0.05) is 11.1 Å². The summed E-state index contributed by atoms with van der Waals surface area (Å²) < 4.78 is 12.9. The molecule has 1 aromatic heterocycles. The summed E-state index contributed by atoms with van der Waals surface area (Å²) in [5.74, 6) is -0.372. The van der Waals surface area contributed by atoms with Gasteiger partial charge >= 0.3 is 6.03 Å². The molecule has 0 bridgehead atoms. The number of hydrogen-bond donors (Lipinski definition) is 3. The van der Waals surface area contributed by atoms with Crippen LogP contribution >= 0.6 is 11.3 Å². The predicted octanol–water partition coefficient (Wildman–Crippen LogP) is 2.86. The van der Waals surface area contributed by atoms with Crippen molar-refractivity contribution >= 4 is 17.4 Å². The summed E-state index contributed by atoms with van der Waals surface area (Å²) in [5.41, 5.74) is -0.755. The Hall–Kier alpha value is -1.99. The maximum Gasteiger partial charge on any atom is 0.315 e. The van der Waals surface area contributed by atoms with Crippen LogP contribution in [0.5, 0.6) is 0 Å². The van der Waals surface area contributed by atoms with Crippen LogP contribution < -0.4 is 10.6 Å². The standard InChI is InChI=1S/C16H20FN3O2S/c1-10-8-18-14(23-10)11(2)20-15(21)19-9-16(3,22)12-4-6-13(17)7-5-12/h4-8,11,22H,9H2,1-3H3,(H2,19,20,21). The number of hydrogen-bond acceptors (Lipinski definition) is 4. The number of carbonyl (C=O) groups is 1. The fourth-order valence-corrected chi connectivity index (χ4v) is 2.82. The minimum absolute atomic E-state index is 0.00802. The molecule has 2 amide bonds. The maximum atomic E-state index is 12.9. The van der Waals surface area contributed by atoms with Gasteiger partial charge < -0.3 is 15.7 Å². The highest BCUT2D eigenvalue weighted by molar-refractivity contribution is 7.11. The Morgan fingerprint density at radius 3 is 2.65 bits per heavy atom. The molecule has 1 heterocycles. The van der Waals surface area contributed by atoms with E-state index < -0.39 is 11.6 Å². The summed E-state index contributed by atoms with van der Waals surface area (Å²) in [7, 11) is 0. The second-order valence-corrected chi connectivity index (χ2v) is 6.90. The Labute approximate surface area is 138 Å². The lowest BCUT2D eigenvalue weighted by atomic mass is 9.96. The fraction of sp³-hybridized carbons (Fsp3) is 0.375. The van der Waals surface area contributed by atoms with Crippen molar-refractivity contribution in [2.75, 3.05) is 6.54 Å². The molecule has 124 valence electrons. The number of rotatable bonds is 5. The fourth-order valence-electron chi connectivity index (χ4n) is 2.05. The smallest absolute Gasteiger partial charge is 0.315 e. The highest BCUT2D eigenvalue weighted by Crippen LogP contribution is 2.20. The van der Waals surface area contributed by atoms with Crippen molar-refractivity contribution in [3.63, 3.8) is 0 Å². The second-order valence-electron chi connectivity index (χ2n) is 5.64. The van der Waals surface area contributed by atoms with Crippen molar-refractivity contribution < 1.29 is 14.3 Å². The Bertz CT molecular complexity index is 670. The van der Waals surface area contributed by atoms with Gasteiger partial charge in [-0.1, -0.05) is 12.1 Å². The van der Waals surface area contributed by atoms with Gasteiger partial charge in [0.25, 0.3) is 0 Å². The summed E-state index contributed by atoms with van der Waals surface area (Å²) in [6.07, 6.45) is 1.76. The molecule has 2 unspecified atom stereocenters. The van der Waals surface area contributed by atoms with E-state index in [1.807, 2.05) is 13.8 Å². The van der Waals surface area contributed by atoms with Crippen LogP contribution in [0.2, 0.25) is 0 Å². The lowest BCUT2D eigenvalue weighted by molar-refractivity contribution is 0.0592.